The molecule has 0 saturated carbocycles. The van der Waals surface area contributed by atoms with Crippen LogP contribution in [-0.2, 0) is 0 Å². The lowest BCUT2D eigenvalue weighted by Gasteiger charge is -2.03. The van der Waals surface area contributed by atoms with Crippen molar-refractivity contribution >= 4 is 34.0 Å². The summed E-state index contributed by atoms with van der Waals surface area (Å²) in [5.41, 5.74) is 0.684. The largest absolute Gasteiger partial charge is 0.241 e. The molecule has 0 aliphatic heterocycles. The molecule has 0 radical (unpaired) electrons. The van der Waals surface area contributed by atoms with Crippen LogP contribution in [0.25, 0.3) is 10.8 Å². The Hall–Kier alpha value is -0.860. The fourth-order valence-corrected chi connectivity index (χ4v) is 1.85. The highest BCUT2D eigenvalue weighted by Gasteiger charge is 2.07. The first-order chi connectivity index (χ1) is 6.58. The van der Waals surface area contributed by atoms with E-state index in [0.29, 0.717) is 21.5 Å². The first kappa shape index (κ1) is 9.69. The molecule has 0 unspecified atom stereocenters. The average Bonchev–Trinajstić information content (AvgIpc) is 2.07. The number of hydrogen-bond donors (Lipinski definition) is 0. The summed E-state index contributed by atoms with van der Waals surface area (Å²) in [7, 11) is 0. The minimum absolute atomic E-state index is 0.279. The number of rotatable bonds is 0. The Balaban J connectivity index is 2.94. The van der Waals surface area contributed by atoms with Gasteiger partial charge in [0.05, 0.1) is 0 Å². The van der Waals surface area contributed by atoms with Gasteiger partial charge in [-0.1, -0.05) is 23.2 Å². The summed E-state index contributed by atoms with van der Waals surface area (Å²) in [6, 6.07) is 4.52. The maximum absolute atomic E-state index is 13.4. The topological polar surface area (TPSA) is 12.9 Å². The van der Waals surface area contributed by atoms with Crippen LogP contribution >= 0.6 is 23.2 Å². The number of aryl methyl sites for hydroxylation is 1. The zero-order chi connectivity index (χ0) is 10.3. The van der Waals surface area contributed by atoms with Crippen molar-refractivity contribution in [3.8, 4) is 0 Å². The standard InChI is InChI=1S/C10H6Cl2FN/c1-5-2-7-8(10(12)14-5)3-6(11)4-9(7)13/h2-4H,1H3. The lowest BCUT2D eigenvalue weighted by atomic mass is 10.1. The number of benzene rings is 1. The molecule has 72 valence electrons. The van der Waals surface area contributed by atoms with E-state index in [1.807, 2.05) is 0 Å². The maximum atomic E-state index is 13.4. The SMILES string of the molecule is Cc1cc2c(F)cc(Cl)cc2c(Cl)n1. The first-order valence-corrected chi connectivity index (χ1v) is 4.75. The molecule has 0 N–H and O–H groups in total. The molecule has 2 rings (SSSR count). The number of nitrogens with zero attached hydrogens (tertiary/aromatic N) is 1. The molecule has 14 heavy (non-hydrogen) atoms. The summed E-state index contributed by atoms with van der Waals surface area (Å²) >= 11 is 11.6. The van der Waals surface area contributed by atoms with Gasteiger partial charge in [-0.3, -0.25) is 0 Å². The van der Waals surface area contributed by atoms with E-state index in [4.69, 9.17) is 23.2 Å². The predicted molar refractivity (Wildman–Crippen MR) is 56.5 cm³/mol. The summed E-state index contributed by atoms with van der Waals surface area (Å²) in [6.45, 7) is 1.76. The molecule has 0 aliphatic carbocycles. The molecule has 1 nitrogen and oxygen atoms in total. The minimum Gasteiger partial charge on any atom is -0.241 e. The third-order valence-corrected chi connectivity index (χ3v) is 2.45. The Morgan fingerprint density at radius 1 is 1.14 bits per heavy atom. The number of aromatic nitrogens is 1. The molecule has 4 heteroatoms. The van der Waals surface area contributed by atoms with Crippen LogP contribution in [0.1, 0.15) is 5.69 Å². The van der Waals surface area contributed by atoms with Gasteiger partial charge in [0.1, 0.15) is 11.0 Å². The van der Waals surface area contributed by atoms with Crippen LogP contribution in [-0.4, -0.2) is 4.98 Å². The van der Waals surface area contributed by atoms with Crippen molar-refractivity contribution in [2.45, 2.75) is 6.92 Å². The van der Waals surface area contributed by atoms with Gasteiger partial charge in [0.15, 0.2) is 0 Å². The molecule has 1 aromatic heterocycles. The van der Waals surface area contributed by atoms with Gasteiger partial charge in [0, 0.05) is 21.5 Å². The van der Waals surface area contributed by atoms with Gasteiger partial charge in [0.2, 0.25) is 0 Å². The van der Waals surface area contributed by atoms with Crippen molar-refractivity contribution < 1.29 is 4.39 Å². The van der Waals surface area contributed by atoms with Crippen molar-refractivity contribution in [3.05, 3.63) is 39.9 Å². The molecule has 1 heterocycles. The molecule has 0 bridgehead atoms. The first-order valence-electron chi connectivity index (χ1n) is 4.00. The summed E-state index contributed by atoms with van der Waals surface area (Å²) in [5, 5.41) is 1.60. The van der Waals surface area contributed by atoms with Gasteiger partial charge < -0.3 is 0 Å². The number of pyridine rings is 1. The molecule has 0 amide bonds. The second kappa shape index (κ2) is 3.37. The monoisotopic (exact) mass is 229 g/mol. The van der Waals surface area contributed by atoms with Crippen LogP contribution in [0, 0.1) is 12.7 Å². The zero-order valence-electron chi connectivity index (χ0n) is 7.31. The Morgan fingerprint density at radius 3 is 2.57 bits per heavy atom. The molecule has 0 fully saturated rings. The molecular formula is C10H6Cl2FN. The number of hydrogen-bond acceptors (Lipinski definition) is 1. The van der Waals surface area contributed by atoms with Crippen molar-refractivity contribution in [1.82, 2.24) is 4.98 Å². The lowest BCUT2D eigenvalue weighted by Crippen LogP contribution is -1.87. The van der Waals surface area contributed by atoms with E-state index in [-0.39, 0.29) is 11.0 Å². The van der Waals surface area contributed by atoms with Crippen LogP contribution in [0.2, 0.25) is 10.2 Å². The third-order valence-electron chi connectivity index (χ3n) is 1.94. The molecule has 0 atom stereocenters. The van der Waals surface area contributed by atoms with Crippen LogP contribution in [0.15, 0.2) is 18.2 Å². The molecule has 0 spiro atoms. The van der Waals surface area contributed by atoms with E-state index in [1.165, 1.54) is 6.07 Å². The van der Waals surface area contributed by atoms with E-state index in [1.54, 1.807) is 19.1 Å². The predicted octanol–water partition coefficient (Wildman–Crippen LogP) is 3.99. The molecule has 0 saturated heterocycles. The minimum atomic E-state index is -0.375. The third kappa shape index (κ3) is 1.56. The van der Waals surface area contributed by atoms with E-state index >= 15 is 0 Å². The Kier molecular flexibility index (Phi) is 2.33. The average molecular weight is 230 g/mol. The fraction of sp³-hybridized carbons (Fsp3) is 0.100. The molecule has 2 aromatic rings. The van der Waals surface area contributed by atoms with Gasteiger partial charge >= 0.3 is 0 Å². The van der Waals surface area contributed by atoms with Gasteiger partial charge in [-0.15, -0.1) is 0 Å². The number of fused-ring (bicyclic) bond motifs is 1. The van der Waals surface area contributed by atoms with E-state index in [2.05, 4.69) is 4.98 Å². The van der Waals surface area contributed by atoms with Crippen molar-refractivity contribution in [1.29, 1.82) is 0 Å². The molecule has 0 aliphatic rings. The van der Waals surface area contributed by atoms with Gasteiger partial charge in [0.25, 0.3) is 0 Å². The van der Waals surface area contributed by atoms with Crippen LogP contribution < -0.4 is 0 Å². The molecule has 1 aromatic carbocycles. The van der Waals surface area contributed by atoms with Crippen LogP contribution in [0.4, 0.5) is 4.39 Å². The highest BCUT2D eigenvalue weighted by Crippen LogP contribution is 2.28. The van der Waals surface area contributed by atoms with Crippen molar-refractivity contribution in [3.63, 3.8) is 0 Å². The van der Waals surface area contributed by atoms with E-state index in [9.17, 15) is 4.39 Å². The maximum Gasteiger partial charge on any atom is 0.137 e. The Labute approximate surface area is 90.5 Å². The second-order valence-corrected chi connectivity index (χ2v) is 3.83. The quantitative estimate of drug-likeness (QED) is 0.623. The Bertz CT molecular complexity index is 464. The smallest absolute Gasteiger partial charge is 0.137 e. The van der Waals surface area contributed by atoms with Crippen LogP contribution in [0.5, 0.6) is 0 Å². The second-order valence-electron chi connectivity index (χ2n) is 3.04. The summed E-state index contributed by atoms with van der Waals surface area (Å²) in [4.78, 5) is 4.02. The normalized spacial score (nSPS) is 10.9. The van der Waals surface area contributed by atoms with Gasteiger partial charge in [-0.05, 0) is 25.1 Å². The highest BCUT2D eigenvalue weighted by atomic mass is 35.5. The highest BCUT2D eigenvalue weighted by molar-refractivity contribution is 6.36. The number of halogens is 3. The van der Waals surface area contributed by atoms with Gasteiger partial charge in [-0.25, -0.2) is 9.37 Å². The summed E-state index contributed by atoms with van der Waals surface area (Å²) in [5.74, 6) is -0.375. The zero-order valence-corrected chi connectivity index (χ0v) is 8.83. The molecular weight excluding hydrogens is 224 g/mol. The van der Waals surface area contributed by atoms with E-state index in [0.717, 1.165) is 0 Å². The fourth-order valence-electron chi connectivity index (χ4n) is 1.36. The lowest BCUT2D eigenvalue weighted by molar-refractivity contribution is 0.639. The van der Waals surface area contributed by atoms with E-state index < -0.39 is 0 Å². The van der Waals surface area contributed by atoms with Crippen molar-refractivity contribution in [2.75, 3.05) is 0 Å². The Morgan fingerprint density at radius 2 is 1.86 bits per heavy atom. The summed E-state index contributed by atoms with van der Waals surface area (Å²) < 4.78 is 13.4. The van der Waals surface area contributed by atoms with Gasteiger partial charge in [-0.2, -0.15) is 0 Å². The van der Waals surface area contributed by atoms with Crippen LogP contribution in [0.3, 0.4) is 0 Å². The van der Waals surface area contributed by atoms with Crippen molar-refractivity contribution in [2.24, 2.45) is 0 Å². The summed E-state index contributed by atoms with van der Waals surface area (Å²) in [6.07, 6.45) is 0.